The Bertz CT molecular complexity index is 1460. The lowest BCUT2D eigenvalue weighted by Gasteiger charge is -2.10. The van der Waals surface area contributed by atoms with E-state index in [0.29, 0.717) is 27.5 Å². The molecule has 0 saturated heterocycles. The summed E-state index contributed by atoms with van der Waals surface area (Å²) in [5, 5.41) is 8.17. The van der Waals surface area contributed by atoms with E-state index in [4.69, 9.17) is 26.2 Å². The average Bonchev–Trinajstić information content (AvgIpc) is 3.23. The zero-order valence-electron chi connectivity index (χ0n) is 18.3. The molecule has 2 aromatic heterocycles. The second kappa shape index (κ2) is 10.4. The number of nitrogens with one attached hydrogen (secondary N) is 1. The zero-order chi connectivity index (χ0) is 25.8. The number of H-pyrrole nitrogens is 1. The highest BCUT2D eigenvalue weighted by molar-refractivity contribution is 6.31. The summed E-state index contributed by atoms with van der Waals surface area (Å²) >= 11 is 6.01. The first-order valence-corrected chi connectivity index (χ1v) is 10.2. The van der Waals surface area contributed by atoms with E-state index in [0.717, 1.165) is 16.9 Å². The highest BCUT2D eigenvalue weighted by Gasteiger charge is 2.38. The normalized spacial score (nSPS) is 11.4. The van der Waals surface area contributed by atoms with E-state index < -0.39 is 12.1 Å². The van der Waals surface area contributed by atoms with E-state index in [1.807, 2.05) is 42.0 Å². The number of halogens is 4. The van der Waals surface area contributed by atoms with Gasteiger partial charge in [-0.15, -0.1) is 0 Å². The minimum atomic E-state index is -5.08. The van der Waals surface area contributed by atoms with Crippen molar-refractivity contribution >= 4 is 40.6 Å². The summed E-state index contributed by atoms with van der Waals surface area (Å²) in [6.07, 6.45) is 2.21. The third kappa shape index (κ3) is 6.48. The quantitative estimate of drug-likeness (QED) is 0.408. The fourth-order valence-electron chi connectivity index (χ4n) is 2.95. The van der Waals surface area contributed by atoms with E-state index in [1.165, 1.54) is 0 Å². The fourth-order valence-corrected chi connectivity index (χ4v) is 3.12. The molecule has 0 radical (unpaired) electrons. The highest BCUT2D eigenvalue weighted by atomic mass is 35.5. The molecule has 4 aromatic rings. The molecule has 0 aliphatic heterocycles. The number of aromatic amines is 1. The van der Waals surface area contributed by atoms with Crippen LogP contribution in [-0.4, -0.2) is 43.9 Å². The molecule has 0 unspecified atom stereocenters. The predicted octanol–water partition coefficient (Wildman–Crippen LogP) is 4.88. The van der Waals surface area contributed by atoms with Gasteiger partial charge in [-0.25, -0.2) is 14.8 Å². The Hall–Kier alpha value is -4.12. The number of carboxylic acids is 1. The summed E-state index contributed by atoms with van der Waals surface area (Å²) < 4.78 is 39.2. The molecule has 8 nitrogen and oxygen atoms in total. The number of methoxy groups -OCH3 is 1. The van der Waals surface area contributed by atoms with Crippen LogP contribution in [-0.2, 0) is 4.79 Å². The molecule has 0 amide bonds. The Kier molecular flexibility index (Phi) is 7.60. The van der Waals surface area contributed by atoms with Crippen LogP contribution in [0.2, 0.25) is 5.02 Å². The van der Waals surface area contributed by atoms with Crippen LogP contribution in [0.3, 0.4) is 0 Å². The molecule has 0 atom stereocenters. The molecule has 0 fully saturated rings. The zero-order valence-corrected chi connectivity index (χ0v) is 19.1. The van der Waals surface area contributed by atoms with Crippen LogP contribution in [0.1, 0.15) is 17.1 Å². The van der Waals surface area contributed by atoms with Crippen molar-refractivity contribution in [3.63, 3.8) is 0 Å². The van der Waals surface area contributed by atoms with Gasteiger partial charge in [0, 0.05) is 11.2 Å². The molecule has 12 heteroatoms. The standard InChI is InChI=1S/C21H17ClN4O2.C2HF3O2/c1-13-11-26(12-23-13)18-7-3-14(9-19(18)28-2)4-8-20-24-17-10-15(22)5-6-16(17)21(27)25-20;3-2(4,5)1(6)7/h3-12H,1-2H3,(H,24,25,27);(H,6,7)/b8-4+;. The van der Waals surface area contributed by atoms with Gasteiger partial charge in [-0.2, -0.15) is 13.2 Å². The number of aliphatic carboxylic acids is 1. The van der Waals surface area contributed by atoms with Crippen molar-refractivity contribution in [2.24, 2.45) is 0 Å². The summed E-state index contributed by atoms with van der Waals surface area (Å²) in [6.45, 7) is 1.94. The van der Waals surface area contributed by atoms with Gasteiger partial charge in [0.1, 0.15) is 11.6 Å². The number of hydrogen-bond acceptors (Lipinski definition) is 5. The molecule has 0 spiro atoms. The lowest BCUT2D eigenvalue weighted by atomic mass is 10.1. The van der Waals surface area contributed by atoms with Gasteiger partial charge >= 0.3 is 12.1 Å². The Labute approximate surface area is 201 Å². The lowest BCUT2D eigenvalue weighted by Crippen LogP contribution is -2.21. The molecule has 2 N–H and O–H groups in total. The molecular formula is C23H18ClF3N4O4. The van der Waals surface area contributed by atoms with E-state index in [1.54, 1.807) is 37.7 Å². The minimum Gasteiger partial charge on any atom is -0.495 e. The van der Waals surface area contributed by atoms with Crippen molar-refractivity contribution in [3.05, 3.63) is 81.4 Å². The molecule has 0 saturated carbocycles. The maximum atomic E-state index is 12.2. The van der Waals surface area contributed by atoms with Crippen LogP contribution in [0.5, 0.6) is 5.75 Å². The number of aromatic nitrogens is 4. The summed E-state index contributed by atoms with van der Waals surface area (Å²) in [5.74, 6) is -1.59. The Morgan fingerprint density at radius 3 is 2.51 bits per heavy atom. The van der Waals surface area contributed by atoms with Crippen LogP contribution in [0.25, 0.3) is 28.7 Å². The molecule has 0 aliphatic carbocycles. The van der Waals surface area contributed by atoms with Gasteiger partial charge in [0.15, 0.2) is 0 Å². The van der Waals surface area contributed by atoms with Crippen LogP contribution in [0.15, 0.2) is 53.7 Å². The van der Waals surface area contributed by atoms with Gasteiger partial charge in [-0.05, 0) is 48.9 Å². The Morgan fingerprint density at radius 1 is 1.20 bits per heavy atom. The van der Waals surface area contributed by atoms with Crippen LogP contribution >= 0.6 is 11.6 Å². The van der Waals surface area contributed by atoms with Crippen molar-refractivity contribution < 1.29 is 27.8 Å². The number of aryl methyl sites for hydroxylation is 1. The van der Waals surface area contributed by atoms with E-state index >= 15 is 0 Å². The third-order valence-electron chi connectivity index (χ3n) is 4.56. The highest BCUT2D eigenvalue weighted by Crippen LogP contribution is 2.25. The van der Waals surface area contributed by atoms with Crippen LogP contribution in [0.4, 0.5) is 13.2 Å². The smallest absolute Gasteiger partial charge is 0.490 e. The first-order chi connectivity index (χ1) is 16.5. The van der Waals surface area contributed by atoms with Gasteiger partial charge in [0.2, 0.25) is 0 Å². The second-order valence-electron chi connectivity index (χ2n) is 7.10. The summed E-state index contributed by atoms with van der Waals surface area (Å²) in [7, 11) is 1.63. The minimum absolute atomic E-state index is 0.204. The number of rotatable bonds is 4. The fraction of sp³-hybridized carbons (Fsp3) is 0.130. The van der Waals surface area contributed by atoms with Crippen molar-refractivity contribution in [3.8, 4) is 11.4 Å². The van der Waals surface area contributed by atoms with Crippen molar-refractivity contribution in [2.75, 3.05) is 7.11 Å². The van der Waals surface area contributed by atoms with Gasteiger partial charge in [0.25, 0.3) is 5.56 Å². The summed E-state index contributed by atoms with van der Waals surface area (Å²) in [4.78, 5) is 32.6. The van der Waals surface area contributed by atoms with Gasteiger partial charge in [-0.3, -0.25) is 4.79 Å². The Morgan fingerprint density at radius 2 is 1.91 bits per heavy atom. The number of imidazole rings is 1. The van der Waals surface area contributed by atoms with Crippen LogP contribution in [0, 0.1) is 6.92 Å². The number of carbonyl (C=O) groups is 1. The molecule has 0 bridgehead atoms. The second-order valence-corrected chi connectivity index (χ2v) is 7.54. The largest absolute Gasteiger partial charge is 0.495 e. The topological polar surface area (TPSA) is 110 Å². The number of carboxylic acid groups (broad SMARTS) is 1. The summed E-state index contributed by atoms with van der Waals surface area (Å²) in [6, 6.07) is 10.8. The maximum absolute atomic E-state index is 12.2. The SMILES string of the molecule is COc1cc(/C=C/c2nc3cc(Cl)ccc3c(=O)[nH]2)ccc1-n1cnc(C)c1.O=C(O)C(F)(F)F. The average molecular weight is 507 g/mol. The number of fused-ring (bicyclic) bond motifs is 1. The summed E-state index contributed by atoms with van der Waals surface area (Å²) in [5.41, 5.74) is 3.08. The van der Waals surface area contributed by atoms with E-state index in [-0.39, 0.29) is 5.56 Å². The lowest BCUT2D eigenvalue weighted by molar-refractivity contribution is -0.192. The first-order valence-electron chi connectivity index (χ1n) is 9.84. The number of benzene rings is 2. The molecule has 35 heavy (non-hydrogen) atoms. The van der Waals surface area contributed by atoms with Crippen molar-refractivity contribution in [1.29, 1.82) is 0 Å². The van der Waals surface area contributed by atoms with Gasteiger partial charge < -0.3 is 19.4 Å². The number of alkyl halides is 3. The van der Waals surface area contributed by atoms with E-state index in [2.05, 4.69) is 15.0 Å². The number of ether oxygens (including phenoxy) is 1. The first kappa shape index (κ1) is 25.5. The molecule has 2 aromatic carbocycles. The molecule has 2 heterocycles. The predicted molar refractivity (Wildman–Crippen MR) is 125 cm³/mol. The number of hydrogen-bond donors (Lipinski definition) is 2. The molecule has 0 aliphatic rings. The molecular weight excluding hydrogens is 489 g/mol. The van der Waals surface area contributed by atoms with E-state index in [9.17, 15) is 18.0 Å². The molecule has 182 valence electrons. The maximum Gasteiger partial charge on any atom is 0.490 e. The Balaban J connectivity index is 0.000000429. The van der Waals surface area contributed by atoms with Crippen LogP contribution < -0.4 is 10.3 Å². The van der Waals surface area contributed by atoms with Crippen molar-refractivity contribution in [1.82, 2.24) is 19.5 Å². The monoisotopic (exact) mass is 506 g/mol. The van der Waals surface area contributed by atoms with Gasteiger partial charge in [0.05, 0.1) is 35.7 Å². The third-order valence-corrected chi connectivity index (χ3v) is 4.79. The molecule has 4 rings (SSSR count). The number of nitrogens with zero attached hydrogens (tertiary/aromatic N) is 3. The van der Waals surface area contributed by atoms with Gasteiger partial charge in [-0.1, -0.05) is 23.7 Å². The van der Waals surface area contributed by atoms with Crippen molar-refractivity contribution in [2.45, 2.75) is 13.1 Å².